The molecule has 0 aliphatic heterocycles. The van der Waals surface area contributed by atoms with E-state index in [4.69, 9.17) is 27.9 Å². The van der Waals surface area contributed by atoms with E-state index in [0.717, 1.165) is 5.56 Å². The van der Waals surface area contributed by atoms with Crippen molar-refractivity contribution in [1.82, 2.24) is 0 Å². The van der Waals surface area contributed by atoms with E-state index in [-0.39, 0.29) is 18.2 Å². The largest absolute Gasteiger partial charge is 0.495 e. The third kappa shape index (κ3) is 5.53. The second-order valence-corrected chi connectivity index (χ2v) is 7.28. The number of ether oxygens (including phenoxy) is 1. The summed E-state index contributed by atoms with van der Waals surface area (Å²) >= 11 is 12.1. The van der Waals surface area contributed by atoms with E-state index in [1.807, 2.05) is 18.2 Å². The molecule has 0 heterocycles. The predicted octanol–water partition coefficient (Wildman–Crippen LogP) is 5.83. The monoisotopic (exact) mass is 442 g/mol. The number of rotatable bonds is 7. The van der Waals surface area contributed by atoms with Crippen molar-refractivity contribution in [3.8, 4) is 5.75 Å². The van der Waals surface area contributed by atoms with Gasteiger partial charge in [-0.05, 0) is 54.4 Å². The SMILES string of the molecule is COc1ccccc1NC(=O)c1ccc(NC(=O)CCc2cccc(Cl)c2Cl)cc1. The van der Waals surface area contributed by atoms with Crippen LogP contribution < -0.4 is 15.4 Å². The Bertz CT molecular complexity index is 1050. The fourth-order valence-corrected chi connectivity index (χ4v) is 3.28. The highest BCUT2D eigenvalue weighted by atomic mass is 35.5. The molecule has 0 spiro atoms. The zero-order chi connectivity index (χ0) is 21.5. The molecule has 154 valence electrons. The van der Waals surface area contributed by atoms with Crippen LogP contribution in [-0.2, 0) is 11.2 Å². The van der Waals surface area contributed by atoms with Gasteiger partial charge in [0.25, 0.3) is 5.91 Å². The molecule has 2 amide bonds. The maximum atomic E-state index is 12.5. The number of methoxy groups -OCH3 is 1. The van der Waals surface area contributed by atoms with Crippen LogP contribution in [0.15, 0.2) is 66.7 Å². The van der Waals surface area contributed by atoms with Crippen molar-refractivity contribution in [3.63, 3.8) is 0 Å². The summed E-state index contributed by atoms with van der Waals surface area (Å²) < 4.78 is 5.24. The summed E-state index contributed by atoms with van der Waals surface area (Å²) in [7, 11) is 1.54. The van der Waals surface area contributed by atoms with E-state index in [2.05, 4.69) is 10.6 Å². The first-order valence-electron chi connectivity index (χ1n) is 9.25. The van der Waals surface area contributed by atoms with Crippen LogP contribution in [0.2, 0.25) is 10.0 Å². The number of carbonyl (C=O) groups is 2. The van der Waals surface area contributed by atoms with Crippen molar-refractivity contribution in [2.75, 3.05) is 17.7 Å². The van der Waals surface area contributed by atoms with E-state index in [9.17, 15) is 9.59 Å². The lowest BCUT2D eigenvalue weighted by molar-refractivity contribution is -0.116. The molecular formula is C23H20Cl2N2O3. The second-order valence-electron chi connectivity index (χ2n) is 6.49. The standard InChI is InChI=1S/C23H20Cl2N2O3/c1-30-20-8-3-2-7-19(20)27-23(29)16-9-12-17(13-10-16)26-21(28)14-11-15-5-4-6-18(24)22(15)25/h2-10,12-13H,11,14H2,1H3,(H,26,28)(H,27,29). The smallest absolute Gasteiger partial charge is 0.255 e. The van der Waals surface area contributed by atoms with Gasteiger partial charge in [0.1, 0.15) is 5.75 Å². The van der Waals surface area contributed by atoms with Gasteiger partial charge in [-0.1, -0.05) is 47.5 Å². The summed E-state index contributed by atoms with van der Waals surface area (Å²) in [6, 6.07) is 19.2. The number of halogens is 2. The minimum Gasteiger partial charge on any atom is -0.495 e. The van der Waals surface area contributed by atoms with Gasteiger partial charge in [0.15, 0.2) is 0 Å². The first-order chi connectivity index (χ1) is 14.5. The molecule has 0 unspecified atom stereocenters. The summed E-state index contributed by atoms with van der Waals surface area (Å²) in [4.78, 5) is 24.7. The fourth-order valence-electron chi connectivity index (χ4n) is 2.86. The number of benzene rings is 3. The molecule has 3 aromatic rings. The van der Waals surface area contributed by atoms with Crippen molar-refractivity contribution in [2.24, 2.45) is 0 Å². The van der Waals surface area contributed by atoms with Crippen LogP contribution in [-0.4, -0.2) is 18.9 Å². The Morgan fingerprint density at radius 3 is 2.37 bits per heavy atom. The van der Waals surface area contributed by atoms with Crippen LogP contribution in [0.5, 0.6) is 5.75 Å². The minimum atomic E-state index is -0.270. The average Bonchev–Trinajstić information content (AvgIpc) is 2.75. The number of amides is 2. The van der Waals surface area contributed by atoms with Gasteiger partial charge in [0.05, 0.1) is 22.8 Å². The molecule has 0 aliphatic rings. The van der Waals surface area contributed by atoms with Crippen molar-refractivity contribution >= 4 is 46.4 Å². The molecule has 0 aliphatic carbocycles. The molecule has 0 radical (unpaired) electrons. The molecule has 2 N–H and O–H groups in total. The summed E-state index contributed by atoms with van der Waals surface area (Å²) in [5.41, 5.74) is 2.47. The molecular weight excluding hydrogens is 423 g/mol. The average molecular weight is 443 g/mol. The number of para-hydroxylation sites is 2. The van der Waals surface area contributed by atoms with Gasteiger partial charge in [0, 0.05) is 17.7 Å². The Morgan fingerprint density at radius 2 is 1.63 bits per heavy atom. The highest BCUT2D eigenvalue weighted by molar-refractivity contribution is 6.42. The van der Waals surface area contributed by atoms with Crippen molar-refractivity contribution in [1.29, 1.82) is 0 Å². The summed E-state index contributed by atoms with van der Waals surface area (Å²) in [5.74, 6) is 0.153. The third-order valence-electron chi connectivity index (χ3n) is 4.44. The Morgan fingerprint density at radius 1 is 0.900 bits per heavy atom. The predicted molar refractivity (Wildman–Crippen MR) is 121 cm³/mol. The number of hydrogen-bond acceptors (Lipinski definition) is 3. The lowest BCUT2D eigenvalue weighted by Crippen LogP contribution is -2.14. The van der Waals surface area contributed by atoms with Gasteiger partial charge >= 0.3 is 0 Å². The summed E-state index contributed by atoms with van der Waals surface area (Å²) in [5, 5.41) is 6.56. The first-order valence-corrected chi connectivity index (χ1v) is 10.0. The lowest BCUT2D eigenvalue weighted by atomic mass is 10.1. The molecule has 0 saturated heterocycles. The number of aryl methyl sites for hydroxylation is 1. The normalized spacial score (nSPS) is 10.4. The van der Waals surface area contributed by atoms with E-state index in [1.165, 1.54) is 0 Å². The molecule has 0 aromatic heterocycles. The maximum absolute atomic E-state index is 12.5. The van der Waals surface area contributed by atoms with Crippen LogP contribution in [0.3, 0.4) is 0 Å². The molecule has 3 aromatic carbocycles. The third-order valence-corrected chi connectivity index (χ3v) is 5.30. The van der Waals surface area contributed by atoms with Gasteiger partial charge in [-0.25, -0.2) is 0 Å². The molecule has 0 atom stereocenters. The summed E-state index contributed by atoms with van der Waals surface area (Å²) in [6.45, 7) is 0. The fraction of sp³-hybridized carbons (Fsp3) is 0.130. The zero-order valence-electron chi connectivity index (χ0n) is 16.2. The Labute approximate surface area is 185 Å². The molecule has 5 nitrogen and oxygen atoms in total. The minimum absolute atomic E-state index is 0.155. The van der Waals surface area contributed by atoms with Gasteiger partial charge in [-0.2, -0.15) is 0 Å². The Hall–Kier alpha value is -3.02. The van der Waals surface area contributed by atoms with E-state index >= 15 is 0 Å². The van der Waals surface area contributed by atoms with Gasteiger partial charge < -0.3 is 15.4 Å². The number of anilines is 2. The van der Waals surface area contributed by atoms with Gasteiger partial charge in [-0.3, -0.25) is 9.59 Å². The van der Waals surface area contributed by atoms with Gasteiger partial charge in [-0.15, -0.1) is 0 Å². The molecule has 7 heteroatoms. The van der Waals surface area contributed by atoms with Crippen LogP contribution in [0.25, 0.3) is 0 Å². The zero-order valence-corrected chi connectivity index (χ0v) is 17.8. The van der Waals surface area contributed by atoms with Gasteiger partial charge in [0.2, 0.25) is 5.91 Å². The topological polar surface area (TPSA) is 67.4 Å². The van der Waals surface area contributed by atoms with Crippen LogP contribution in [0.1, 0.15) is 22.3 Å². The number of hydrogen-bond donors (Lipinski definition) is 2. The quantitative estimate of drug-likeness (QED) is 0.483. The molecule has 0 fully saturated rings. The van der Waals surface area contributed by atoms with Crippen LogP contribution >= 0.6 is 23.2 Å². The molecule has 3 rings (SSSR count). The molecule has 0 bridgehead atoms. The van der Waals surface area contributed by atoms with Crippen molar-refractivity contribution in [2.45, 2.75) is 12.8 Å². The lowest BCUT2D eigenvalue weighted by Gasteiger charge is -2.10. The van der Waals surface area contributed by atoms with E-state index < -0.39 is 0 Å². The molecule has 30 heavy (non-hydrogen) atoms. The first kappa shape index (κ1) is 21.7. The van der Waals surface area contributed by atoms with Crippen LogP contribution in [0.4, 0.5) is 11.4 Å². The Balaban J connectivity index is 1.56. The van der Waals surface area contributed by atoms with E-state index in [1.54, 1.807) is 55.6 Å². The van der Waals surface area contributed by atoms with Crippen LogP contribution in [0, 0.1) is 0 Å². The Kier molecular flexibility index (Phi) is 7.33. The highest BCUT2D eigenvalue weighted by Gasteiger charge is 2.11. The maximum Gasteiger partial charge on any atom is 0.255 e. The second kappa shape index (κ2) is 10.1. The van der Waals surface area contributed by atoms with Crippen molar-refractivity contribution < 1.29 is 14.3 Å². The highest BCUT2D eigenvalue weighted by Crippen LogP contribution is 2.26. The molecule has 0 saturated carbocycles. The van der Waals surface area contributed by atoms with Crippen molar-refractivity contribution in [3.05, 3.63) is 87.9 Å². The summed E-state index contributed by atoms with van der Waals surface area (Å²) in [6.07, 6.45) is 0.737. The van der Waals surface area contributed by atoms with E-state index in [0.29, 0.717) is 39.2 Å². The number of nitrogens with one attached hydrogen (secondary N) is 2. The number of carbonyl (C=O) groups excluding carboxylic acids is 2.